The van der Waals surface area contributed by atoms with Crippen LogP contribution in [-0.2, 0) is 70.1 Å². The van der Waals surface area contributed by atoms with Crippen molar-refractivity contribution in [1.82, 2.24) is 0 Å². The Hall–Kier alpha value is -2.08. The van der Waals surface area contributed by atoms with E-state index < -0.39 is 78.8 Å². The molecule has 13 heteroatoms. The van der Waals surface area contributed by atoms with E-state index in [-0.39, 0.29) is 19.8 Å². The lowest BCUT2D eigenvalue weighted by Crippen LogP contribution is -2.62. The molecular formula is C38H56O13. The summed E-state index contributed by atoms with van der Waals surface area (Å²) in [5, 5.41) is 11.9. The predicted octanol–water partition coefficient (Wildman–Crippen LogP) is 4.32. The molecule has 0 unspecified atom stereocenters. The van der Waals surface area contributed by atoms with E-state index in [0.29, 0.717) is 6.61 Å². The third-order valence-electron chi connectivity index (χ3n) is 9.09. The van der Waals surface area contributed by atoms with Crippen LogP contribution in [0.1, 0.15) is 52.7 Å². The monoisotopic (exact) mass is 720 g/mol. The molecule has 0 radical (unpaired) electrons. The van der Waals surface area contributed by atoms with Gasteiger partial charge in [-0.15, -0.1) is 0 Å². The van der Waals surface area contributed by atoms with E-state index in [4.69, 9.17) is 56.8 Å². The fourth-order valence-corrected chi connectivity index (χ4v) is 6.52. The van der Waals surface area contributed by atoms with Crippen LogP contribution in [-0.4, -0.2) is 118 Å². The van der Waals surface area contributed by atoms with Crippen LogP contribution < -0.4 is 0 Å². The van der Waals surface area contributed by atoms with Gasteiger partial charge in [-0.3, -0.25) is 0 Å². The second kappa shape index (κ2) is 17.4. The molecule has 3 fully saturated rings. The van der Waals surface area contributed by atoms with Crippen LogP contribution in [0.25, 0.3) is 0 Å². The van der Waals surface area contributed by atoms with Crippen LogP contribution in [0.3, 0.4) is 0 Å². The van der Waals surface area contributed by atoms with Crippen LogP contribution in [0, 0.1) is 0 Å². The third-order valence-corrected chi connectivity index (χ3v) is 9.09. The van der Waals surface area contributed by atoms with E-state index in [2.05, 4.69) is 0 Å². The summed E-state index contributed by atoms with van der Waals surface area (Å²) in [5.74, 6) is -3.00. The first-order valence-electron chi connectivity index (χ1n) is 17.5. The van der Waals surface area contributed by atoms with E-state index in [0.717, 1.165) is 11.1 Å². The highest BCUT2D eigenvalue weighted by atomic mass is 16.8. The summed E-state index contributed by atoms with van der Waals surface area (Å²) in [6.45, 7) is 11.4. The van der Waals surface area contributed by atoms with Crippen molar-refractivity contribution < 1.29 is 61.9 Å². The Morgan fingerprint density at radius 2 is 1.33 bits per heavy atom. The van der Waals surface area contributed by atoms with Crippen molar-refractivity contribution in [3.8, 4) is 0 Å². The molecule has 0 saturated carbocycles. The molecule has 286 valence electrons. The topological polar surface area (TPSA) is 131 Å². The molecule has 9 atom stereocenters. The largest absolute Gasteiger partial charge is 0.388 e. The van der Waals surface area contributed by atoms with Crippen LogP contribution >= 0.6 is 0 Å². The van der Waals surface area contributed by atoms with Gasteiger partial charge in [-0.2, -0.15) is 0 Å². The lowest BCUT2D eigenvalue weighted by molar-refractivity contribution is -0.327. The van der Waals surface area contributed by atoms with Gasteiger partial charge in [-0.05, 0) is 52.7 Å². The fourth-order valence-electron chi connectivity index (χ4n) is 6.52. The number of fused-ring (bicyclic) bond motifs is 1. The van der Waals surface area contributed by atoms with Crippen LogP contribution in [0.5, 0.6) is 0 Å². The molecule has 0 spiro atoms. The highest BCUT2D eigenvalue weighted by Crippen LogP contribution is 2.42. The summed E-state index contributed by atoms with van der Waals surface area (Å²) in [7, 11) is 4.54. The molecule has 2 aromatic carbocycles. The van der Waals surface area contributed by atoms with Gasteiger partial charge in [-0.1, -0.05) is 60.7 Å². The van der Waals surface area contributed by atoms with E-state index in [1.807, 2.05) is 74.5 Å². The van der Waals surface area contributed by atoms with E-state index in [9.17, 15) is 5.11 Å². The average molecular weight is 721 g/mol. The second-order valence-electron chi connectivity index (χ2n) is 14.4. The average Bonchev–Trinajstić information content (AvgIpc) is 3.61. The fraction of sp³-hybridized carbons (Fsp3) is 0.684. The number of aliphatic hydroxyl groups excluding tert-OH is 1. The van der Waals surface area contributed by atoms with Gasteiger partial charge in [0.2, 0.25) is 0 Å². The lowest BCUT2D eigenvalue weighted by Gasteiger charge is -2.44. The number of benzene rings is 2. The number of methoxy groups -OCH3 is 3. The van der Waals surface area contributed by atoms with Gasteiger partial charge in [0.25, 0.3) is 0 Å². The van der Waals surface area contributed by atoms with Crippen molar-refractivity contribution in [2.45, 2.75) is 134 Å². The SMILES string of the molecule is COC(OC)[C@@H]1OC(C)(C)O[C@H]1[C@H](O[C@@H]1O[C@H](COCc2ccccc2)[C@@H]2OC(C)(C)O[C@@H]2[C@H]1OCc1ccccc1)[C@H](O)COC(C)(C)OC. The number of rotatable bonds is 18. The molecule has 51 heavy (non-hydrogen) atoms. The van der Waals surface area contributed by atoms with Gasteiger partial charge in [0.1, 0.15) is 48.8 Å². The smallest absolute Gasteiger partial charge is 0.187 e. The van der Waals surface area contributed by atoms with Gasteiger partial charge in [0, 0.05) is 21.3 Å². The van der Waals surface area contributed by atoms with Crippen molar-refractivity contribution in [3.05, 3.63) is 71.8 Å². The van der Waals surface area contributed by atoms with E-state index >= 15 is 0 Å². The number of aliphatic hydroxyl groups is 1. The minimum Gasteiger partial charge on any atom is -0.388 e. The standard InChI is InChI=1S/C38H56O13/c1-36(2,42-9)45-22-26(39)28(30-33(34(40-7)41-8)51-38(5,6)49-30)47-35-32(44-21-25-18-14-11-15-19-25)31-29(48-37(3,4)50-31)27(46-35)23-43-20-24-16-12-10-13-17-24/h10-19,26-35,39H,20-23H2,1-9H3/t26-,27-,28-,29+,30+,31+,32-,33-,35+/m1/s1. The van der Waals surface area contributed by atoms with Gasteiger partial charge >= 0.3 is 0 Å². The molecule has 3 aliphatic heterocycles. The van der Waals surface area contributed by atoms with Gasteiger partial charge in [0.05, 0.1) is 26.4 Å². The maximum Gasteiger partial charge on any atom is 0.187 e. The highest BCUT2D eigenvalue weighted by molar-refractivity contribution is 5.14. The van der Waals surface area contributed by atoms with Crippen molar-refractivity contribution in [2.75, 3.05) is 34.5 Å². The van der Waals surface area contributed by atoms with E-state index in [1.54, 1.807) is 27.7 Å². The molecular weight excluding hydrogens is 664 g/mol. The van der Waals surface area contributed by atoms with Crippen LogP contribution in [0.4, 0.5) is 0 Å². The Morgan fingerprint density at radius 3 is 1.94 bits per heavy atom. The zero-order chi connectivity index (χ0) is 36.8. The Balaban J connectivity index is 1.48. The Bertz CT molecular complexity index is 1320. The second-order valence-corrected chi connectivity index (χ2v) is 14.4. The number of hydrogen-bond acceptors (Lipinski definition) is 13. The third kappa shape index (κ3) is 10.5. The first kappa shape index (κ1) is 40.1. The molecule has 2 aromatic rings. The Morgan fingerprint density at radius 1 is 0.765 bits per heavy atom. The molecule has 13 nitrogen and oxygen atoms in total. The van der Waals surface area contributed by atoms with Crippen LogP contribution in [0.2, 0.25) is 0 Å². The van der Waals surface area contributed by atoms with Gasteiger partial charge in [-0.25, -0.2) is 0 Å². The maximum atomic E-state index is 11.9. The minimum absolute atomic E-state index is 0.173. The molecule has 3 saturated heterocycles. The van der Waals surface area contributed by atoms with Crippen molar-refractivity contribution in [3.63, 3.8) is 0 Å². The Kier molecular flexibility index (Phi) is 13.7. The number of ether oxygens (including phenoxy) is 12. The maximum absolute atomic E-state index is 11.9. The van der Waals surface area contributed by atoms with Crippen molar-refractivity contribution in [2.24, 2.45) is 0 Å². The summed E-state index contributed by atoms with van der Waals surface area (Å²) in [6.07, 6.45) is -8.62. The summed E-state index contributed by atoms with van der Waals surface area (Å²) in [6, 6.07) is 19.7. The molecule has 0 bridgehead atoms. The first-order valence-corrected chi connectivity index (χ1v) is 17.5. The quantitative estimate of drug-likeness (QED) is 0.220. The molecule has 0 aromatic heterocycles. The molecule has 3 heterocycles. The van der Waals surface area contributed by atoms with Crippen molar-refractivity contribution in [1.29, 1.82) is 0 Å². The minimum atomic E-state index is -1.26. The molecule has 0 amide bonds. The lowest BCUT2D eigenvalue weighted by atomic mass is 9.98. The molecule has 3 aliphatic rings. The zero-order valence-electron chi connectivity index (χ0n) is 31.2. The van der Waals surface area contributed by atoms with E-state index in [1.165, 1.54) is 21.3 Å². The molecule has 5 rings (SSSR count). The summed E-state index contributed by atoms with van der Waals surface area (Å²) >= 11 is 0. The van der Waals surface area contributed by atoms with Gasteiger partial charge in [0.15, 0.2) is 29.9 Å². The normalized spacial score (nSPS) is 30.0. The molecule has 0 aliphatic carbocycles. The van der Waals surface area contributed by atoms with Crippen LogP contribution in [0.15, 0.2) is 60.7 Å². The summed E-state index contributed by atoms with van der Waals surface area (Å²) in [4.78, 5) is 0. The first-order chi connectivity index (χ1) is 24.2. The van der Waals surface area contributed by atoms with Gasteiger partial charge < -0.3 is 61.9 Å². The predicted molar refractivity (Wildman–Crippen MR) is 183 cm³/mol. The molecule has 1 N–H and O–H groups in total. The van der Waals surface area contributed by atoms with Crippen molar-refractivity contribution >= 4 is 0 Å². The highest BCUT2D eigenvalue weighted by Gasteiger charge is 2.58. The summed E-state index contributed by atoms with van der Waals surface area (Å²) < 4.78 is 74.6. The Labute approximate surface area is 301 Å². The zero-order valence-corrected chi connectivity index (χ0v) is 31.2. The number of hydrogen-bond donors (Lipinski definition) is 1. The summed E-state index contributed by atoms with van der Waals surface area (Å²) in [5.41, 5.74) is 1.97.